The molecule has 0 nitrogen and oxygen atoms in total. The molecule has 0 spiro atoms. The van der Waals surface area contributed by atoms with Gasteiger partial charge >= 0.3 is 0 Å². The zero-order valence-corrected chi connectivity index (χ0v) is 13.2. The average Bonchev–Trinajstić information content (AvgIpc) is 2.40. The Morgan fingerprint density at radius 1 is 0.800 bits per heavy atom. The first-order chi connectivity index (χ1) is 9.41. The molecule has 0 aromatic heterocycles. The second kappa shape index (κ2) is 7.84. The van der Waals surface area contributed by atoms with Crippen molar-refractivity contribution >= 4 is 0 Å². The second-order valence-electron chi connectivity index (χ2n) is 5.72. The lowest BCUT2D eigenvalue weighted by atomic mass is 9.98. The molecule has 2 aromatic rings. The maximum atomic E-state index is 12.6. The van der Waals surface area contributed by atoms with E-state index in [1.165, 1.54) is 17.2 Å². The zero-order valence-electron chi connectivity index (χ0n) is 13.2. The van der Waals surface area contributed by atoms with Gasteiger partial charge in [0, 0.05) is 0 Å². The summed E-state index contributed by atoms with van der Waals surface area (Å²) in [6.07, 6.45) is 0. The van der Waals surface area contributed by atoms with Crippen LogP contribution in [-0.2, 0) is 0 Å². The fraction of sp³-hybridized carbons (Fsp3) is 0.368. The minimum absolute atomic E-state index is 0.146. The Morgan fingerprint density at radius 3 is 1.80 bits per heavy atom. The van der Waals surface area contributed by atoms with Gasteiger partial charge in [-0.1, -0.05) is 64.1 Å². The number of aryl methyl sites for hydroxylation is 1. The Kier molecular flexibility index (Phi) is 6.44. The molecule has 0 atom stereocenters. The van der Waals surface area contributed by atoms with E-state index in [0.29, 0.717) is 11.8 Å². The molecule has 2 aromatic carbocycles. The summed E-state index contributed by atoms with van der Waals surface area (Å²) in [5, 5.41) is 0. The van der Waals surface area contributed by atoms with E-state index < -0.39 is 0 Å². The molecule has 0 aliphatic carbocycles. The Morgan fingerprint density at radius 2 is 1.40 bits per heavy atom. The third-order valence-electron chi connectivity index (χ3n) is 3.32. The van der Waals surface area contributed by atoms with Crippen LogP contribution in [0.15, 0.2) is 48.5 Å². The molecular weight excluding hydrogens is 247 g/mol. The molecule has 2 rings (SSSR count). The number of halogens is 1. The van der Waals surface area contributed by atoms with Crippen molar-refractivity contribution < 1.29 is 4.39 Å². The van der Waals surface area contributed by atoms with Gasteiger partial charge in [-0.2, -0.15) is 0 Å². The largest absolute Gasteiger partial charge is 0.207 e. The molecule has 0 fully saturated rings. The van der Waals surface area contributed by atoms with Crippen molar-refractivity contribution in [1.82, 2.24) is 0 Å². The van der Waals surface area contributed by atoms with Crippen LogP contribution in [0.1, 0.15) is 56.2 Å². The predicted octanol–water partition coefficient (Wildman–Crippen LogP) is 6.07. The smallest absolute Gasteiger partial charge is 0.123 e. The van der Waals surface area contributed by atoms with E-state index in [1.807, 2.05) is 19.1 Å². The van der Waals surface area contributed by atoms with Crippen molar-refractivity contribution in [1.29, 1.82) is 0 Å². The van der Waals surface area contributed by atoms with Gasteiger partial charge in [0.05, 0.1) is 0 Å². The summed E-state index contributed by atoms with van der Waals surface area (Å²) in [5.41, 5.74) is 3.68. The van der Waals surface area contributed by atoms with E-state index in [2.05, 4.69) is 52.0 Å². The van der Waals surface area contributed by atoms with E-state index in [9.17, 15) is 4.39 Å². The van der Waals surface area contributed by atoms with Crippen molar-refractivity contribution in [3.05, 3.63) is 71.0 Å². The molecule has 108 valence electrons. The Bertz CT molecular complexity index is 513. The maximum absolute atomic E-state index is 12.6. The summed E-state index contributed by atoms with van der Waals surface area (Å²) in [5.74, 6) is 0.994. The molecule has 0 saturated heterocycles. The molecule has 0 bridgehead atoms. The van der Waals surface area contributed by atoms with Gasteiger partial charge < -0.3 is 0 Å². The van der Waals surface area contributed by atoms with Gasteiger partial charge in [-0.05, 0) is 47.6 Å². The molecule has 0 heterocycles. The molecule has 0 unspecified atom stereocenters. The first-order valence-electron chi connectivity index (χ1n) is 7.22. The van der Waals surface area contributed by atoms with Crippen molar-refractivity contribution in [3.63, 3.8) is 0 Å². The normalized spacial score (nSPS) is 10.4. The molecule has 0 saturated carbocycles. The lowest BCUT2D eigenvalue weighted by Crippen LogP contribution is -1.91. The number of rotatable bonds is 2. The number of benzene rings is 2. The zero-order chi connectivity index (χ0) is 15.1. The Hall–Kier alpha value is -1.63. The van der Waals surface area contributed by atoms with Gasteiger partial charge in [0.1, 0.15) is 5.82 Å². The highest BCUT2D eigenvalue weighted by molar-refractivity contribution is 5.28. The first-order valence-corrected chi connectivity index (χ1v) is 7.22. The van der Waals surface area contributed by atoms with Crippen LogP contribution in [0.5, 0.6) is 0 Å². The topological polar surface area (TPSA) is 0 Å². The van der Waals surface area contributed by atoms with Crippen LogP contribution in [0.4, 0.5) is 4.39 Å². The molecule has 0 aliphatic heterocycles. The van der Waals surface area contributed by atoms with Crippen molar-refractivity contribution in [2.24, 2.45) is 0 Å². The van der Waals surface area contributed by atoms with Crippen molar-refractivity contribution in [3.8, 4) is 0 Å². The van der Waals surface area contributed by atoms with E-state index in [4.69, 9.17) is 0 Å². The Labute approximate surface area is 122 Å². The van der Waals surface area contributed by atoms with Crippen LogP contribution in [0.25, 0.3) is 0 Å². The van der Waals surface area contributed by atoms with Gasteiger partial charge in [-0.3, -0.25) is 0 Å². The predicted molar refractivity (Wildman–Crippen MR) is 85.8 cm³/mol. The highest BCUT2D eigenvalue weighted by Gasteiger charge is 2.02. The maximum Gasteiger partial charge on any atom is 0.123 e. The van der Waals surface area contributed by atoms with Crippen LogP contribution in [-0.4, -0.2) is 0 Å². The summed E-state index contributed by atoms with van der Waals surface area (Å²) in [4.78, 5) is 0. The molecular formula is C19H25F. The molecule has 1 heteroatoms. The minimum atomic E-state index is -0.146. The first kappa shape index (κ1) is 16.4. The summed E-state index contributed by atoms with van der Waals surface area (Å²) < 4.78 is 12.6. The summed E-state index contributed by atoms with van der Waals surface area (Å²) >= 11 is 0. The summed E-state index contributed by atoms with van der Waals surface area (Å²) in [6.45, 7) is 10.6. The molecule has 0 radical (unpaired) electrons. The SMILES string of the molecule is CC(C)c1ccccc1.Cc1cc(F)ccc1C(C)C. The number of hydrogen-bond acceptors (Lipinski definition) is 0. The van der Waals surface area contributed by atoms with Crippen LogP contribution < -0.4 is 0 Å². The summed E-state index contributed by atoms with van der Waals surface area (Å²) in [7, 11) is 0. The Balaban J connectivity index is 0.000000204. The minimum Gasteiger partial charge on any atom is -0.207 e. The second-order valence-corrected chi connectivity index (χ2v) is 5.72. The molecule has 0 amide bonds. The van der Waals surface area contributed by atoms with Gasteiger partial charge in [0.25, 0.3) is 0 Å². The fourth-order valence-corrected chi connectivity index (χ4v) is 2.12. The standard InChI is InChI=1S/C10H13F.C9H12/c1-7(2)10-5-4-9(11)6-8(10)3;1-8(2)9-6-4-3-5-7-9/h4-7H,1-3H3;3-8H,1-2H3. The lowest BCUT2D eigenvalue weighted by molar-refractivity contribution is 0.624. The van der Waals surface area contributed by atoms with E-state index in [-0.39, 0.29) is 5.82 Å². The van der Waals surface area contributed by atoms with Crippen LogP contribution in [0, 0.1) is 12.7 Å². The van der Waals surface area contributed by atoms with E-state index in [0.717, 1.165) is 5.56 Å². The highest BCUT2D eigenvalue weighted by Crippen LogP contribution is 2.19. The van der Waals surface area contributed by atoms with Gasteiger partial charge in [-0.25, -0.2) is 4.39 Å². The van der Waals surface area contributed by atoms with E-state index in [1.54, 1.807) is 6.07 Å². The van der Waals surface area contributed by atoms with Crippen LogP contribution in [0.2, 0.25) is 0 Å². The average molecular weight is 272 g/mol. The third-order valence-corrected chi connectivity index (χ3v) is 3.32. The number of hydrogen-bond donors (Lipinski definition) is 0. The van der Waals surface area contributed by atoms with Crippen LogP contribution in [0.3, 0.4) is 0 Å². The lowest BCUT2D eigenvalue weighted by Gasteiger charge is -2.08. The third kappa shape index (κ3) is 5.16. The van der Waals surface area contributed by atoms with E-state index >= 15 is 0 Å². The van der Waals surface area contributed by atoms with Crippen LogP contribution >= 0.6 is 0 Å². The van der Waals surface area contributed by atoms with Gasteiger partial charge in [-0.15, -0.1) is 0 Å². The monoisotopic (exact) mass is 272 g/mol. The summed E-state index contributed by atoms with van der Waals surface area (Å²) in [6, 6.07) is 15.5. The molecule has 0 aliphatic rings. The highest BCUT2D eigenvalue weighted by atomic mass is 19.1. The molecule has 20 heavy (non-hydrogen) atoms. The van der Waals surface area contributed by atoms with Crippen molar-refractivity contribution in [2.45, 2.75) is 46.5 Å². The van der Waals surface area contributed by atoms with Gasteiger partial charge in [0.2, 0.25) is 0 Å². The van der Waals surface area contributed by atoms with Gasteiger partial charge in [0.15, 0.2) is 0 Å². The van der Waals surface area contributed by atoms with Crippen molar-refractivity contribution in [2.75, 3.05) is 0 Å². The fourth-order valence-electron chi connectivity index (χ4n) is 2.12. The quantitative estimate of drug-likeness (QED) is 0.622. The molecule has 0 N–H and O–H groups in total.